The van der Waals surface area contributed by atoms with Gasteiger partial charge in [0.1, 0.15) is 5.82 Å². The molecule has 0 aliphatic carbocycles. The van der Waals surface area contributed by atoms with Gasteiger partial charge in [0.15, 0.2) is 0 Å². The molecule has 0 bridgehead atoms. The first-order chi connectivity index (χ1) is 13.2. The molecule has 0 fully saturated rings. The average molecular weight is 376 g/mol. The third kappa shape index (κ3) is 3.93. The quantitative estimate of drug-likeness (QED) is 0.479. The summed E-state index contributed by atoms with van der Waals surface area (Å²) in [7, 11) is 0. The van der Waals surface area contributed by atoms with Crippen LogP contribution in [-0.4, -0.2) is 29.8 Å². The highest BCUT2D eigenvalue weighted by atomic mass is 32.2. The highest BCUT2D eigenvalue weighted by Gasteiger charge is 2.13. The molecule has 0 N–H and O–H groups in total. The second kappa shape index (κ2) is 7.75. The first-order valence-electron chi connectivity index (χ1n) is 8.73. The van der Waals surface area contributed by atoms with Gasteiger partial charge in [-0.25, -0.2) is 4.98 Å². The molecule has 0 unspecified atom stereocenters. The van der Waals surface area contributed by atoms with Gasteiger partial charge >= 0.3 is 0 Å². The van der Waals surface area contributed by atoms with E-state index in [1.807, 2.05) is 18.5 Å². The lowest BCUT2D eigenvalue weighted by atomic mass is 10.1. The minimum Gasteiger partial charge on any atom is -0.330 e. The van der Waals surface area contributed by atoms with Crippen molar-refractivity contribution in [1.82, 2.24) is 29.8 Å². The van der Waals surface area contributed by atoms with Crippen LogP contribution in [0.5, 0.6) is 0 Å². The average Bonchev–Trinajstić information content (AvgIpc) is 3.30. The maximum Gasteiger partial charge on any atom is 0.214 e. The van der Waals surface area contributed by atoms with Crippen molar-refractivity contribution in [3.05, 3.63) is 83.4 Å². The minimum absolute atomic E-state index is 0.700. The van der Waals surface area contributed by atoms with E-state index in [9.17, 15) is 0 Å². The number of aromatic nitrogens is 6. The first-order valence-corrected chi connectivity index (χ1v) is 9.72. The number of nitrogens with zero attached hydrogens (tertiary/aromatic N) is 6. The van der Waals surface area contributed by atoms with E-state index < -0.39 is 0 Å². The molecule has 0 amide bonds. The van der Waals surface area contributed by atoms with Crippen LogP contribution in [0.25, 0.3) is 5.69 Å². The Morgan fingerprint density at radius 1 is 1.04 bits per heavy atom. The van der Waals surface area contributed by atoms with Crippen molar-refractivity contribution in [1.29, 1.82) is 0 Å². The van der Waals surface area contributed by atoms with Crippen molar-refractivity contribution in [2.75, 3.05) is 0 Å². The topological polar surface area (TPSA) is 61.4 Å². The maximum absolute atomic E-state index is 4.51. The molecule has 0 spiro atoms. The van der Waals surface area contributed by atoms with Crippen LogP contribution in [0, 0.1) is 13.8 Å². The summed E-state index contributed by atoms with van der Waals surface area (Å²) in [6.45, 7) is 4.96. The molecular weight excluding hydrogens is 356 g/mol. The summed E-state index contributed by atoms with van der Waals surface area (Å²) in [5.41, 5.74) is 4.62. The third-order valence-electron chi connectivity index (χ3n) is 4.35. The van der Waals surface area contributed by atoms with Crippen LogP contribution < -0.4 is 0 Å². The lowest BCUT2D eigenvalue weighted by Gasteiger charge is -2.09. The molecule has 0 atom stereocenters. The zero-order valence-corrected chi connectivity index (χ0v) is 16.1. The van der Waals surface area contributed by atoms with Gasteiger partial charge < -0.3 is 4.57 Å². The van der Waals surface area contributed by atoms with Gasteiger partial charge in [-0.05, 0) is 41.5 Å². The molecule has 0 aliphatic heterocycles. The second-order valence-corrected chi connectivity index (χ2v) is 7.35. The van der Waals surface area contributed by atoms with Crippen molar-refractivity contribution in [2.45, 2.75) is 31.3 Å². The number of tetrazole rings is 1. The lowest BCUT2D eigenvalue weighted by Crippen LogP contribution is -2.05. The van der Waals surface area contributed by atoms with Gasteiger partial charge in [-0.1, -0.05) is 59.8 Å². The smallest absolute Gasteiger partial charge is 0.214 e. The Kier molecular flexibility index (Phi) is 5.02. The van der Waals surface area contributed by atoms with Gasteiger partial charge in [0.25, 0.3) is 0 Å². The van der Waals surface area contributed by atoms with Crippen LogP contribution in [0.3, 0.4) is 0 Å². The predicted molar refractivity (Wildman–Crippen MR) is 106 cm³/mol. The van der Waals surface area contributed by atoms with Crippen LogP contribution in [0.2, 0.25) is 0 Å². The molecule has 6 nitrogen and oxygen atoms in total. The van der Waals surface area contributed by atoms with Crippen LogP contribution in [0.1, 0.15) is 22.5 Å². The number of aryl methyl sites for hydroxylation is 2. The highest BCUT2D eigenvalue weighted by molar-refractivity contribution is 7.98. The Hall–Kier alpha value is -2.93. The molecule has 27 heavy (non-hydrogen) atoms. The van der Waals surface area contributed by atoms with E-state index >= 15 is 0 Å². The van der Waals surface area contributed by atoms with Gasteiger partial charge in [-0.15, -0.1) is 5.10 Å². The summed E-state index contributed by atoms with van der Waals surface area (Å²) >= 11 is 1.59. The Balaban J connectivity index is 1.51. The third-order valence-corrected chi connectivity index (χ3v) is 5.26. The highest BCUT2D eigenvalue weighted by Crippen LogP contribution is 2.24. The molecule has 2 aromatic heterocycles. The summed E-state index contributed by atoms with van der Waals surface area (Å²) in [4.78, 5) is 4.51. The Bertz CT molecular complexity index is 1040. The van der Waals surface area contributed by atoms with Crippen molar-refractivity contribution in [2.24, 2.45) is 0 Å². The number of hydrogen-bond acceptors (Lipinski definition) is 5. The van der Waals surface area contributed by atoms with Crippen molar-refractivity contribution >= 4 is 11.8 Å². The minimum atomic E-state index is 0.700. The van der Waals surface area contributed by atoms with E-state index in [0.29, 0.717) is 5.75 Å². The molecule has 0 aliphatic rings. The Morgan fingerprint density at radius 3 is 2.70 bits per heavy atom. The summed E-state index contributed by atoms with van der Waals surface area (Å²) in [5, 5.41) is 13.0. The molecule has 2 heterocycles. The molecule has 0 saturated carbocycles. The molecule has 0 radical (unpaired) electrons. The van der Waals surface area contributed by atoms with Gasteiger partial charge in [-0.3, -0.25) is 0 Å². The van der Waals surface area contributed by atoms with Crippen molar-refractivity contribution in [3.63, 3.8) is 0 Å². The zero-order chi connectivity index (χ0) is 18.6. The lowest BCUT2D eigenvalue weighted by molar-refractivity contribution is 0.745. The molecule has 0 saturated heterocycles. The van der Waals surface area contributed by atoms with Crippen LogP contribution in [0.4, 0.5) is 0 Å². The number of imidazole rings is 1. The summed E-state index contributed by atoms with van der Waals surface area (Å²) in [6.07, 6.45) is 3.85. The largest absolute Gasteiger partial charge is 0.330 e. The van der Waals surface area contributed by atoms with E-state index in [4.69, 9.17) is 0 Å². The van der Waals surface area contributed by atoms with Gasteiger partial charge in [0.2, 0.25) is 5.16 Å². The molecule has 7 heteroatoms. The molecule has 136 valence electrons. The fourth-order valence-corrected chi connectivity index (χ4v) is 3.85. The fraction of sp³-hybridized carbons (Fsp3) is 0.200. The summed E-state index contributed by atoms with van der Waals surface area (Å²) in [6, 6.07) is 16.7. The Labute approximate surface area is 162 Å². The van der Waals surface area contributed by atoms with E-state index in [1.54, 1.807) is 16.4 Å². The Morgan fingerprint density at radius 2 is 1.89 bits per heavy atom. The number of thioether (sulfide) groups is 1. The summed E-state index contributed by atoms with van der Waals surface area (Å²) in [5.74, 6) is 1.70. The monoisotopic (exact) mass is 376 g/mol. The van der Waals surface area contributed by atoms with Gasteiger partial charge in [0, 0.05) is 18.9 Å². The number of benzene rings is 2. The molecular formula is C20H20N6S. The van der Waals surface area contributed by atoms with Crippen molar-refractivity contribution < 1.29 is 0 Å². The van der Waals surface area contributed by atoms with Gasteiger partial charge in [0.05, 0.1) is 11.4 Å². The zero-order valence-electron chi connectivity index (χ0n) is 15.3. The van der Waals surface area contributed by atoms with E-state index in [0.717, 1.165) is 28.8 Å². The maximum atomic E-state index is 4.51. The van der Waals surface area contributed by atoms with Crippen LogP contribution in [-0.2, 0) is 12.3 Å². The van der Waals surface area contributed by atoms with E-state index in [-0.39, 0.29) is 0 Å². The van der Waals surface area contributed by atoms with E-state index in [1.165, 1.54) is 11.1 Å². The SMILES string of the molecule is Cc1ccc(-n2nnnc2SCc2nccn2Cc2ccccc2)c(C)c1. The predicted octanol–water partition coefficient (Wildman–Crippen LogP) is 3.82. The van der Waals surface area contributed by atoms with Crippen LogP contribution in [0.15, 0.2) is 66.1 Å². The van der Waals surface area contributed by atoms with Crippen molar-refractivity contribution in [3.8, 4) is 5.69 Å². The van der Waals surface area contributed by atoms with Gasteiger partial charge in [-0.2, -0.15) is 4.68 Å². The van der Waals surface area contributed by atoms with E-state index in [2.05, 4.69) is 81.4 Å². The fourth-order valence-electron chi connectivity index (χ4n) is 3.00. The number of rotatable bonds is 6. The second-order valence-electron chi connectivity index (χ2n) is 6.41. The standard InChI is InChI=1S/C20H20N6S/c1-15-8-9-18(16(2)12-15)26-20(22-23-24-26)27-14-19-21-10-11-25(19)13-17-6-4-3-5-7-17/h3-12H,13-14H2,1-2H3. The molecule has 4 aromatic rings. The molecule has 2 aromatic carbocycles. The normalized spacial score (nSPS) is 11.0. The molecule has 4 rings (SSSR count). The number of hydrogen-bond donors (Lipinski definition) is 0. The first kappa shape index (κ1) is 17.5. The van der Waals surface area contributed by atoms with Crippen LogP contribution >= 0.6 is 11.8 Å². The summed E-state index contributed by atoms with van der Waals surface area (Å²) < 4.78 is 3.96.